The number of ketones is 1. The molecule has 4 N–H and O–H groups in total. The summed E-state index contributed by atoms with van der Waals surface area (Å²) >= 11 is 0. The van der Waals surface area contributed by atoms with Crippen molar-refractivity contribution in [2.45, 2.75) is 71.8 Å². The summed E-state index contributed by atoms with van der Waals surface area (Å²) in [5.41, 5.74) is 0.187. The van der Waals surface area contributed by atoms with Gasteiger partial charge in [0.25, 0.3) is 0 Å². The first-order valence-electron chi connectivity index (χ1n) is 10.0. The van der Waals surface area contributed by atoms with Crippen molar-refractivity contribution in [2.75, 3.05) is 26.3 Å². The van der Waals surface area contributed by atoms with E-state index in [-0.39, 0.29) is 30.1 Å². The van der Waals surface area contributed by atoms with Gasteiger partial charge in [-0.3, -0.25) is 4.79 Å². The van der Waals surface area contributed by atoms with Crippen molar-refractivity contribution in [3.63, 3.8) is 0 Å². The van der Waals surface area contributed by atoms with Gasteiger partial charge in [-0.15, -0.1) is 0 Å². The van der Waals surface area contributed by atoms with Crippen molar-refractivity contribution in [3.8, 4) is 11.5 Å². The summed E-state index contributed by atoms with van der Waals surface area (Å²) in [5.74, 6) is 0.713. The highest BCUT2D eigenvalue weighted by molar-refractivity contribution is 5.97. The van der Waals surface area contributed by atoms with E-state index in [0.29, 0.717) is 30.2 Å². The van der Waals surface area contributed by atoms with Crippen LogP contribution >= 0.6 is 0 Å². The van der Waals surface area contributed by atoms with E-state index < -0.39 is 12.2 Å². The molecule has 2 unspecified atom stereocenters. The minimum Gasteiger partial charge on any atom is -0.491 e. The van der Waals surface area contributed by atoms with Crippen LogP contribution in [0.25, 0.3) is 0 Å². The third-order valence-corrected chi connectivity index (χ3v) is 3.94. The standard InChI is InChI=1S/C22H38N2O5/c1-15(25)19-10-18(28-13-16(26)11-23-21(2,3)4)8-9-20(19)29-14-17(27)12-24-22(5,6)7/h8-10,16-17,23-24,26-27H,11-14H2,1-7H3. The van der Waals surface area contributed by atoms with Gasteiger partial charge in [-0.25, -0.2) is 0 Å². The van der Waals surface area contributed by atoms with Gasteiger partial charge in [0.2, 0.25) is 0 Å². The topological polar surface area (TPSA) is 100 Å². The van der Waals surface area contributed by atoms with Crippen LogP contribution < -0.4 is 20.1 Å². The lowest BCUT2D eigenvalue weighted by atomic mass is 10.1. The lowest BCUT2D eigenvalue weighted by molar-refractivity contribution is 0.0941. The molecule has 1 aromatic carbocycles. The molecule has 7 heteroatoms. The fraction of sp³-hybridized carbons (Fsp3) is 0.682. The summed E-state index contributed by atoms with van der Waals surface area (Å²) in [4.78, 5) is 12.0. The van der Waals surface area contributed by atoms with E-state index in [4.69, 9.17) is 9.47 Å². The first kappa shape index (κ1) is 25.4. The van der Waals surface area contributed by atoms with Crippen LogP contribution in [0.3, 0.4) is 0 Å². The Morgan fingerprint density at radius 2 is 1.41 bits per heavy atom. The summed E-state index contributed by atoms with van der Waals surface area (Å²) in [5, 5.41) is 26.5. The van der Waals surface area contributed by atoms with E-state index in [9.17, 15) is 15.0 Å². The van der Waals surface area contributed by atoms with E-state index in [2.05, 4.69) is 10.6 Å². The van der Waals surface area contributed by atoms with Crippen LogP contribution in [0.1, 0.15) is 58.8 Å². The van der Waals surface area contributed by atoms with E-state index in [0.717, 1.165) is 0 Å². The smallest absolute Gasteiger partial charge is 0.163 e. The number of ether oxygens (including phenoxy) is 2. The molecule has 0 saturated carbocycles. The fourth-order valence-corrected chi connectivity index (χ4v) is 2.34. The highest BCUT2D eigenvalue weighted by Crippen LogP contribution is 2.25. The first-order chi connectivity index (χ1) is 13.3. The lowest BCUT2D eigenvalue weighted by Gasteiger charge is -2.23. The molecule has 0 saturated heterocycles. The number of nitrogens with one attached hydrogen (secondary N) is 2. The molecule has 1 aromatic rings. The number of carbonyl (C=O) groups is 1. The lowest BCUT2D eigenvalue weighted by Crippen LogP contribution is -2.42. The van der Waals surface area contributed by atoms with E-state index in [1.54, 1.807) is 18.2 Å². The molecule has 29 heavy (non-hydrogen) atoms. The number of aliphatic hydroxyl groups is 2. The molecule has 0 amide bonds. The van der Waals surface area contributed by atoms with E-state index in [1.165, 1.54) is 6.92 Å². The second kappa shape index (κ2) is 10.9. The maximum atomic E-state index is 12.0. The third-order valence-electron chi connectivity index (χ3n) is 3.94. The molecule has 1 rings (SSSR count). The summed E-state index contributed by atoms with van der Waals surface area (Å²) < 4.78 is 11.3. The molecule has 0 aliphatic carbocycles. The van der Waals surface area contributed by atoms with Crippen LogP contribution in [0.5, 0.6) is 11.5 Å². The van der Waals surface area contributed by atoms with Crippen molar-refractivity contribution in [3.05, 3.63) is 23.8 Å². The Bertz CT molecular complexity index is 650. The predicted molar refractivity (Wildman–Crippen MR) is 115 cm³/mol. The Labute approximate surface area is 174 Å². The number of benzene rings is 1. The van der Waals surface area contributed by atoms with Crippen LogP contribution in [0, 0.1) is 0 Å². The number of hydrogen-bond donors (Lipinski definition) is 4. The molecule has 0 aliphatic heterocycles. The maximum absolute atomic E-state index is 12.0. The van der Waals surface area contributed by atoms with Crippen LogP contribution in [-0.2, 0) is 0 Å². The monoisotopic (exact) mass is 410 g/mol. The predicted octanol–water partition coefficient (Wildman–Crippen LogP) is 2.14. The Morgan fingerprint density at radius 3 is 1.86 bits per heavy atom. The molecule has 0 fully saturated rings. The quantitative estimate of drug-likeness (QED) is 0.415. The minimum absolute atomic E-state index is 0.0702. The van der Waals surface area contributed by atoms with Gasteiger partial charge in [-0.2, -0.15) is 0 Å². The summed E-state index contributed by atoms with van der Waals surface area (Å²) in [6, 6.07) is 4.93. The Hall–Kier alpha value is -1.67. The molecular weight excluding hydrogens is 372 g/mol. The van der Waals surface area contributed by atoms with E-state index >= 15 is 0 Å². The Balaban J connectivity index is 2.63. The molecular formula is C22H38N2O5. The zero-order valence-corrected chi connectivity index (χ0v) is 18.8. The van der Waals surface area contributed by atoms with Crippen molar-refractivity contribution in [1.82, 2.24) is 10.6 Å². The van der Waals surface area contributed by atoms with Gasteiger partial charge in [-0.05, 0) is 66.7 Å². The number of carbonyl (C=O) groups excluding carboxylic acids is 1. The molecule has 0 bridgehead atoms. The average molecular weight is 411 g/mol. The van der Waals surface area contributed by atoms with Gasteiger partial charge < -0.3 is 30.3 Å². The summed E-state index contributed by atoms with van der Waals surface area (Å²) in [6.07, 6.45) is -1.37. The minimum atomic E-state index is -0.699. The van der Waals surface area contributed by atoms with Gasteiger partial charge in [-0.1, -0.05) is 0 Å². The highest BCUT2D eigenvalue weighted by Gasteiger charge is 2.16. The van der Waals surface area contributed by atoms with Gasteiger partial charge in [0.1, 0.15) is 36.9 Å². The molecule has 0 radical (unpaired) electrons. The average Bonchev–Trinajstić information content (AvgIpc) is 2.60. The zero-order chi connectivity index (χ0) is 22.2. The molecule has 0 aromatic heterocycles. The Morgan fingerprint density at radius 1 is 0.931 bits per heavy atom. The van der Waals surface area contributed by atoms with Crippen molar-refractivity contribution in [1.29, 1.82) is 0 Å². The normalized spacial score (nSPS) is 14.4. The first-order valence-corrected chi connectivity index (χ1v) is 10.0. The number of hydrogen-bond acceptors (Lipinski definition) is 7. The molecule has 2 atom stereocenters. The van der Waals surface area contributed by atoms with Crippen molar-refractivity contribution in [2.24, 2.45) is 0 Å². The Kier molecular flexibility index (Phi) is 9.55. The zero-order valence-electron chi connectivity index (χ0n) is 18.8. The van der Waals surface area contributed by atoms with Gasteiger partial charge >= 0.3 is 0 Å². The molecule has 0 heterocycles. The van der Waals surface area contributed by atoms with Crippen LogP contribution in [0.4, 0.5) is 0 Å². The van der Waals surface area contributed by atoms with Gasteiger partial charge in [0.15, 0.2) is 5.78 Å². The second-order valence-corrected chi connectivity index (χ2v) is 9.41. The SMILES string of the molecule is CC(=O)c1cc(OCC(O)CNC(C)(C)C)ccc1OCC(O)CNC(C)(C)C. The summed E-state index contributed by atoms with van der Waals surface area (Å²) in [7, 11) is 0. The third kappa shape index (κ3) is 11.2. The number of Topliss-reactive ketones (excluding diaryl/α,β-unsaturated/α-hetero) is 1. The second-order valence-electron chi connectivity index (χ2n) is 9.41. The fourth-order valence-electron chi connectivity index (χ4n) is 2.34. The van der Waals surface area contributed by atoms with Crippen LogP contribution in [-0.4, -0.2) is 65.6 Å². The summed E-state index contributed by atoms with van der Waals surface area (Å²) in [6.45, 7) is 14.5. The number of aliphatic hydroxyl groups excluding tert-OH is 2. The molecule has 0 spiro atoms. The van der Waals surface area contributed by atoms with Crippen molar-refractivity contribution < 1.29 is 24.5 Å². The van der Waals surface area contributed by atoms with E-state index in [1.807, 2.05) is 41.5 Å². The maximum Gasteiger partial charge on any atom is 0.163 e. The van der Waals surface area contributed by atoms with Gasteiger partial charge in [0, 0.05) is 24.2 Å². The number of rotatable bonds is 11. The van der Waals surface area contributed by atoms with Gasteiger partial charge in [0.05, 0.1) is 5.56 Å². The highest BCUT2D eigenvalue weighted by atomic mass is 16.5. The van der Waals surface area contributed by atoms with Crippen LogP contribution in [0.2, 0.25) is 0 Å². The number of β-amino-alcohol motifs (C(OH)–C–C–N with tert-alkyl or cyclic N) is 2. The van der Waals surface area contributed by atoms with Crippen molar-refractivity contribution >= 4 is 5.78 Å². The molecule has 7 nitrogen and oxygen atoms in total. The van der Waals surface area contributed by atoms with Crippen LogP contribution in [0.15, 0.2) is 18.2 Å². The molecule has 0 aliphatic rings. The molecule has 166 valence electrons. The largest absolute Gasteiger partial charge is 0.491 e.